The van der Waals surface area contributed by atoms with Crippen LogP contribution in [0.3, 0.4) is 0 Å². The Bertz CT molecular complexity index is 403. The van der Waals surface area contributed by atoms with Gasteiger partial charge >= 0.3 is 0 Å². The van der Waals surface area contributed by atoms with E-state index in [0.29, 0.717) is 16.8 Å². The Labute approximate surface area is 107 Å². The van der Waals surface area contributed by atoms with Gasteiger partial charge in [-0.05, 0) is 36.5 Å². The molecule has 94 valence electrons. The van der Waals surface area contributed by atoms with E-state index in [9.17, 15) is 4.39 Å². The molecule has 1 aromatic rings. The minimum atomic E-state index is -0.226. The fourth-order valence-electron chi connectivity index (χ4n) is 2.56. The van der Waals surface area contributed by atoms with Gasteiger partial charge in [0.25, 0.3) is 0 Å². The van der Waals surface area contributed by atoms with E-state index < -0.39 is 0 Å². The molecule has 0 aliphatic heterocycles. The Kier molecular flexibility index (Phi) is 3.62. The normalized spacial score (nSPS) is 23.4. The molecule has 0 spiro atoms. The first-order valence-corrected chi connectivity index (χ1v) is 6.58. The van der Waals surface area contributed by atoms with Gasteiger partial charge < -0.3 is 5.32 Å². The highest BCUT2D eigenvalue weighted by atomic mass is 35.5. The van der Waals surface area contributed by atoms with E-state index in [-0.39, 0.29) is 11.2 Å². The average Bonchev–Trinajstić information content (AvgIpc) is 2.26. The second-order valence-electron chi connectivity index (χ2n) is 5.56. The Morgan fingerprint density at radius 3 is 2.82 bits per heavy atom. The zero-order valence-electron chi connectivity index (χ0n) is 10.4. The lowest BCUT2D eigenvalue weighted by Gasteiger charge is -2.39. The summed E-state index contributed by atoms with van der Waals surface area (Å²) in [5.41, 5.74) is 0.741. The Morgan fingerprint density at radius 1 is 1.35 bits per heavy atom. The minimum absolute atomic E-state index is 0.215. The van der Waals surface area contributed by atoms with E-state index in [1.165, 1.54) is 25.3 Å². The van der Waals surface area contributed by atoms with Crippen LogP contribution in [0.25, 0.3) is 0 Å². The Hall–Kier alpha value is -0.760. The van der Waals surface area contributed by atoms with Crippen molar-refractivity contribution in [3.63, 3.8) is 0 Å². The van der Waals surface area contributed by atoms with E-state index in [2.05, 4.69) is 19.2 Å². The molecule has 17 heavy (non-hydrogen) atoms. The third-order valence-electron chi connectivity index (χ3n) is 3.77. The topological polar surface area (TPSA) is 12.0 Å². The van der Waals surface area contributed by atoms with Crippen molar-refractivity contribution in [2.75, 3.05) is 5.32 Å². The SMILES string of the molecule is CC1(C)CCCCC1Nc1cc(Cl)ccc1F. The predicted molar refractivity (Wildman–Crippen MR) is 71.1 cm³/mol. The molecule has 1 unspecified atom stereocenters. The maximum atomic E-state index is 13.7. The lowest BCUT2D eigenvalue weighted by Crippen LogP contribution is -2.39. The first-order chi connectivity index (χ1) is 7.99. The summed E-state index contributed by atoms with van der Waals surface area (Å²) in [6.07, 6.45) is 4.76. The summed E-state index contributed by atoms with van der Waals surface area (Å²) in [4.78, 5) is 0. The highest BCUT2D eigenvalue weighted by molar-refractivity contribution is 6.30. The molecule has 1 aliphatic carbocycles. The van der Waals surface area contributed by atoms with E-state index in [1.807, 2.05) is 0 Å². The van der Waals surface area contributed by atoms with Gasteiger partial charge in [-0.1, -0.05) is 38.3 Å². The number of halogens is 2. The molecule has 3 heteroatoms. The lowest BCUT2D eigenvalue weighted by atomic mass is 9.73. The quantitative estimate of drug-likeness (QED) is 0.796. The molecule has 0 aromatic heterocycles. The molecule has 0 saturated heterocycles. The molecule has 1 fully saturated rings. The Balaban J connectivity index is 2.16. The van der Waals surface area contributed by atoms with Crippen LogP contribution in [0.4, 0.5) is 10.1 Å². The fourth-order valence-corrected chi connectivity index (χ4v) is 2.73. The summed E-state index contributed by atoms with van der Waals surface area (Å²) >= 11 is 5.90. The summed E-state index contributed by atoms with van der Waals surface area (Å²) in [6, 6.07) is 4.99. The molecular weight excluding hydrogens is 237 g/mol. The maximum absolute atomic E-state index is 13.7. The van der Waals surface area contributed by atoms with Crippen LogP contribution >= 0.6 is 11.6 Å². The molecule has 1 aliphatic rings. The molecule has 0 radical (unpaired) electrons. The van der Waals surface area contributed by atoms with Gasteiger partial charge in [-0.2, -0.15) is 0 Å². The molecule has 0 bridgehead atoms. The molecule has 1 aromatic carbocycles. The van der Waals surface area contributed by atoms with Crippen molar-refractivity contribution < 1.29 is 4.39 Å². The van der Waals surface area contributed by atoms with Crippen LogP contribution < -0.4 is 5.32 Å². The Morgan fingerprint density at radius 2 is 2.12 bits per heavy atom. The van der Waals surface area contributed by atoms with Crippen LogP contribution in [-0.4, -0.2) is 6.04 Å². The molecular formula is C14H19ClFN. The number of hydrogen-bond donors (Lipinski definition) is 1. The summed E-state index contributed by atoms with van der Waals surface area (Å²) < 4.78 is 13.7. The van der Waals surface area contributed by atoms with Crippen LogP contribution in [0.2, 0.25) is 5.02 Å². The summed E-state index contributed by atoms with van der Waals surface area (Å²) in [5.74, 6) is -0.226. The highest BCUT2D eigenvalue weighted by Crippen LogP contribution is 2.37. The minimum Gasteiger partial charge on any atom is -0.379 e. The standard InChI is InChI=1S/C14H19ClFN/c1-14(2)8-4-3-5-13(14)17-12-9-10(15)6-7-11(12)16/h6-7,9,13,17H,3-5,8H2,1-2H3. The van der Waals surface area contributed by atoms with Crippen molar-refractivity contribution in [1.29, 1.82) is 0 Å². The van der Waals surface area contributed by atoms with Gasteiger partial charge in [0, 0.05) is 11.1 Å². The van der Waals surface area contributed by atoms with E-state index >= 15 is 0 Å². The van der Waals surface area contributed by atoms with Gasteiger partial charge in [-0.3, -0.25) is 0 Å². The van der Waals surface area contributed by atoms with Crippen LogP contribution in [0.1, 0.15) is 39.5 Å². The largest absolute Gasteiger partial charge is 0.379 e. The van der Waals surface area contributed by atoms with Crippen molar-refractivity contribution in [2.24, 2.45) is 5.41 Å². The molecule has 1 saturated carbocycles. The van der Waals surface area contributed by atoms with Crippen LogP contribution in [0.5, 0.6) is 0 Å². The highest BCUT2D eigenvalue weighted by Gasteiger charge is 2.32. The van der Waals surface area contributed by atoms with Gasteiger partial charge in [-0.25, -0.2) is 4.39 Å². The van der Waals surface area contributed by atoms with Gasteiger partial charge in [0.05, 0.1) is 5.69 Å². The fraction of sp³-hybridized carbons (Fsp3) is 0.571. The smallest absolute Gasteiger partial charge is 0.146 e. The molecule has 1 N–H and O–H groups in total. The monoisotopic (exact) mass is 255 g/mol. The number of benzene rings is 1. The van der Waals surface area contributed by atoms with Gasteiger partial charge in [0.15, 0.2) is 0 Å². The number of rotatable bonds is 2. The van der Waals surface area contributed by atoms with Crippen LogP contribution in [-0.2, 0) is 0 Å². The maximum Gasteiger partial charge on any atom is 0.146 e. The molecule has 0 amide bonds. The molecule has 2 rings (SSSR count). The van der Waals surface area contributed by atoms with Crippen LogP contribution in [0, 0.1) is 11.2 Å². The van der Waals surface area contributed by atoms with Gasteiger partial charge in [0.2, 0.25) is 0 Å². The van der Waals surface area contributed by atoms with Gasteiger partial charge in [-0.15, -0.1) is 0 Å². The van der Waals surface area contributed by atoms with E-state index in [0.717, 1.165) is 6.42 Å². The third kappa shape index (κ3) is 2.92. The first kappa shape index (κ1) is 12.7. The summed E-state index contributed by atoms with van der Waals surface area (Å²) in [6.45, 7) is 4.48. The number of nitrogens with one attached hydrogen (secondary N) is 1. The third-order valence-corrected chi connectivity index (χ3v) is 4.00. The second-order valence-corrected chi connectivity index (χ2v) is 5.99. The van der Waals surface area contributed by atoms with Crippen molar-refractivity contribution in [3.05, 3.63) is 29.0 Å². The van der Waals surface area contributed by atoms with Crippen LogP contribution in [0.15, 0.2) is 18.2 Å². The van der Waals surface area contributed by atoms with Gasteiger partial charge in [0.1, 0.15) is 5.82 Å². The summed E-state index contributed by atoms with van der Waals surface area (Å²) in [5, 5.41) is 3.89. The first-order valence-electron chi connectivity index (χ1n) is 6.21. The molecule has 0 heterocycles. The van der Waals surface area contributed by atoms with Crippen molar-refractivity contribution in [1.82, 2.24) is 0 Å². The molecule has 1 nitrogen and oxygen atoms in total. The number of anilines is 1. The van der Waals surface area contributed by atoms with Crippen molar-refractivity contribution in [2.45, 2.75) is 45.6 Å². The van der Waals surface area contributed by atoms with E-state index in [4.69, 9.17) is 11.6 Å². The molecule has 1 atom stereocenters. The second kappa shape index (κ2) is 4.85. The lowest BCUT2D eigenvalue weighted by molar-refractivity contribution is 0.216. The number of hydrogen-bond acceptors (Lipinski definition) is 1. The zero-order chi connectivity index (χ0) is 12.5. The van der Waals surface area contributed by atoms with E-state index in [1.54, 1.807) is 12.1 Å². The predicted octanol–water partition coefficient (Wildman–Crippen LogP) is 4.86. The summed E-state index contributed by atoms with van der Waals surface area (Å²) in [7, 11) is 0. The average molecular weight is 256 g/mol. The van der Waals surface area contributed by atoms with Crippen molar-refractivity contribution in [3.8, 4) is 0 Å². The van der Waals surface area contributed by atoms with Crippen molar-refractivity contribution >= 4 is 17.3 Å². The zero-order valence-corrected chi connectivity index (χ0v) is 11.1.